The minimum absolute atomic E-state index is 0.0770. The first-order valence-corrected chi connectivity index (χ1v) is 9.33. The van der Waals surface area contributed by atoms with Gasteiger partial charge in [0.15, 0.2) is 0 Å². The normalized spacial score (nSPS) is 13.9. The number of hydrogen-bond donors (Lipinski definition) is 2. The molecule has 1 aliphatic heterocycles. The van der Waals surface area contributed by atoms with E-state index >= 15 is 0 Å². The van der Waals surface area contributed by atoms with Gasteiger partial charge in [0.2, 0.25) is 0 Å². The molecule has 1 aliphatic rings. The lowest BCUT2D eigenvalue weighted by atomic mass is 10.0. The fraction of sp³-hybridized carbons (Fsp3) is 0.227. The van der Waals surface area contributed by atoms with E-state index in [9.17, 15) is 14.9 Å². The minimum atomic E-state index is -0.471. The Labute approximate surface area is 169 Å². The van der Waals surface area contributed by atoms with Crippen molar-refractivity contribution in [1.29, 1.82) is 5.26 Å². The predicted molar refractivity (Wildman–Crippen MR) is 110 cm³/mol. The van der Waals surface area contributed by atoms with Crippen LogP contribution in [-0.2, 0) is 4.79 Å². The number of pyridine rings is 1. The standard InChI is InChI=1S/C22H21N5O2/c1-14(2)9-11-25-22(29)18(12-23)19-16-7-3-4-8-17(16)20(26-19)27-21(28)15-6-5-10-24-13-15/h3-8,10,13-14H,9,11H2,1-2H3,(H,25,29)(H,26,27,28)/b19-18-. The lowest BCUT2D eigenvalue weighted by Crippen LogP contribution is -2.30. The topological polar surface area (TPSA) is 107 Å². The number of hydrogen-bond acceptors (Lipinski definition) is 5. The molecule has 0 radical (unpaired) electrons. The molecule has 2 heterocycles. The van der Waals surface area contributed by atoms with E-state index in [2.05, 4.69) is 34.5 Å². The third-order valence-electron chi connectivity index (χ3n) is 4.40. The summed E-state index contributed by atoms with van der Waals surface area (Å²) < 4.78 is 0. The van der Waals surface area contributed by atoms with Crippen molar-refractivity contribution in [2.75, 3.05) is 6.54 Å². The Morgan fingerprint density at radius 1 is 1.14 bits per heavy atom. The van der Waals surface area contributed by atoms with Crippen LogP contribution in [0.3, 0.4) is 0 Å². The second-order valence-electron chi connectivity index (χ2n) is 6.98. The van der Waals surface area contributed by atoms with E-state index in [0.29, 0.717) is 35.0 Å². The van der Waals surface area contributed by atoms with Crippen LogP contribution in [0.25, 0.3) is 5.70 Å². The van der Waals surface area contributed by atoms with E-state index in [1.165, 1.54) is 6.20 Å². The molecule has 0 saturated heterocycles. The van der Waals surface area contributed by atoms with E-state index in [4.69, 9.17) is 0 Å². The molecule has 0 bridgehead atoms. The SMILES string of the molecule is CC(C)CCNC(=O)/C(C#N)=C1\N=C(NC(=O)c2cccnc2)c2ccccc21. The monoisotopic (exact) mass is 387 g/mol. The fourth-order valence-corrected chi connectivity index (χ4v) is 2.87. The molecule has 2 N–H and O–H groups in total. The molecule has 7 heteroatoms. The Hall–Kier alpha value is -3.79. The molecule has 3 rings (SSSR count). The van der Waals surface area contributed by atoms with Gasteiger partial charge in [0, 0.05) is 30.1 Å². The number of benzene rings is 1. The summed E-state index contributed by atoms with van der Waals surface area (Å²) in [5.41, 5.74) is 1.85. The number of fused-ring (bicyclic) bond motifs is 1. The zero-order valence-corrected chi connectivity index (χ0v) is 16.3. The van der Waals surface area contributed by atoms with Gasteiger partial charge in [-0.15, -0.1) is 0 Å². The zero-order chi connectivity index (χ0) is 20.8. The van der Waals surface area contributed by atoms with Crippen LogP contribution in [0.5, 0.6) is 0 Å². The Morgan fingerprint density at radius 3 is 2.55 bits per heavy atom. The summed E-state index contributed by atoms with van der Waals surface area (Å²) in [5, 5.41) is 15.1. The van der Waals surface area contributed by atoms with Crippen molar-refractivity contribution in [3.8, 4) is 6.07 Å². The van der Waals surface area contributed by atoms with Gasteiger partial charge in [-0.2, -0.15) is 5.26 Å². The van der Waals surface area contributed by atoms with E-state index < -0.39 is 5.91 Å². The molecular weight excluding hydrogens is 366 g/mol. The number of carbonyl (C=O) groups excluding carboxylic acids is 2. The van der Waals surface area contributed by atoms with Crippen LogP contribution < -0.4 is 10.6 Å². The number of nitriles is 1. The molecule has 2 amide bonds. The quantitative estimate of drug-likeness (QED) is 0.607. The highest BCUT2D eigenvalue weighted by Crippen LogP contribution is 2.30. The first-order valence-electron chi connectivity index (χ1n) is 9.33. The lowest BCUT2D eigenvalue weighted by Gasteiger charge is -2.07. The number of rotatable bonds is 5. The second kappa shape index (κ2) is 8.93. The van der Waals surface area contributed by atoms with Crippen molar-refractivity contribution in [3.05, 3.63) is 71.1 Å². The molecule has 0 atom stereocenters. The van der Waals surface area contributed by atoms with Gasteiger partial charge < -0.3 is 10.6 Å². The van der Waals surface area contributed by atoms with E-state index in [1.54, 1.807) is 36.5 Å². The second-order valence-corrected chi connectivity index (χ2v) is 6.98. The smallest absolute Gasteiger partial charge is 0.264 e. The number of nitrogens with zero attached hydrogens (tertiary/aromatic N) is 3. The maximum Gasteiger partial charge on any atom is 0.264 e. The number of carbonyl (C=O) groups is 2. The third kappa shape index (κ3) is 4.55. The molecule has 0 unspecified atom stereocenters. The summed E-state index contributed by atoms with van der Waals surface area (Å²) in [6.45, 7) is 4.60. The summed E-state index contributed by atoms with van der Waals surface area (Å²) in [6, 6.07) is 12.4. The average Bonchev–Trinajstić information content (AvgIpc) is 3.07. The Balaban J connectivity index is 1.92. The van der Waals surface area contributed by atoms with Crippen LogP contribution in [0.1, 0.15) is 41.8 Å². The van der Waals surface area contributed by atoms with Crippen LogP contribution in [0, 0.1) is 17.2 Å². The van der Waals surface area contributed by atoms with Gasteiger partial charge in [0.1, 0.15) is 17.5 Å². The van der Waals surface area contributed by atoms with Gasteiger partial charge in [-0.3, -0.25) is 14.6 Å². The molecule has 1 aromatic heterocycles. The lowest BCUT2D eigenvalue weighted by molar-refractivity contribution is -0.117. The molecule has 146 valence electrons. The summed E-state index contributed by atoms with van der Waals surface area (Å²) in [5.74, 6) is -0.102. The van der Waals surface area contributed by atoms with Crippen molar-refractivity contribution in [1.82, 2.24) is 15.6 Å². The summed E-state index contributed by atoms with van der Waals surface area (Å²) >= 11 is 0. The maximum absolute atomic E-state index is 12.5. The molecule has 2 aromatic rings. The van der Waals surface area contributed by atoms with Gasteiger partial charge in [-0.05, 0) is 24.5 Å². The third-order valence-corrected chi connectivity index (χ3v) is 4.40. The molecule has 1 aromatic carbocycles. The van der Waals surface area contributed by atoms with Crippen molar-refractivity contribution < 1.29 is 9.59 Å². The molecule has 0 spiro atoms. The van der Waals surface area contributed by atoms with Gasteiger partial charge in [-0.25, -0.2) is 4.99 Å². The van der Waals surface area contributed by atoms with Crippen LogP contribution in [0.4, 0.5) is 0 Å². The van der Waals surface area contributed by atoms with Crippen LogP contribution >= 0.6 is 0 Å². The Bertz CT molecular complexity index is 1030. The Kier molecular flexibility index (Phi) is 6.15. The maximum atomic E-state index is 12.5. The van der Waals surface area contributed by atoms with Crippen molar-refractivity contribution in [3.63, 3.8) is 0 Å². The highest BCUT2D eigenvalue weighted by molar-refractivity contribution is 6.20. The summed E-state index contributed by atoms with van der Waals surface area (Å²) in [7, 11) is 0. The highest BCUT2D eigenvalue weighted by Gasteiger charge is 2.27. The van der Waals surface area contributed by atoms with Crippen LogP contribution in [-0.4, -0.2) is 29.2 Å². The first kappa shape index (κ1) is 20.0. The minimum Gasteiger partial charge on any atom is -0.351 e. The van der Waals surface area contributed by atoms with Gasteiger partial charge >= 0.3 is 0 Å². The molecular formula is C22H21N5O2. The van der Waals surface area contributed by atoms with E-state index in [0.717, 1.165) is 6.42 Å². The molecule has 7 nitrogen and oxygen atoms in total. The highest BCUT2D eigenvalue weighted by atomic mass is 16.2. The fourth-order valence-electron chi connectivity index (χ4n) is 2.87. The number of aromatic nitrogens is 1. The average molecular weight is 387 g/mol. The van der Waals surface area contributed by atoms with Crippen molar-refractivity contribution in [2.45, 2.75) is 20.3 Å². The zero-order valence-electron chi connectivity index (χ0n) is 16.3. The summed E-state index contributed by atoms with van der Waals surface area (Å²) in [6.07, 6.45) is 3.85. The molecule has 0 saturated carbocycles. The van der Waals surface area contributed by atoms with Crippen LogP contribution in [0.2, 0.25) is 0 Å². The van der Waals surface area contributed by atoms with E-state index in [1.807, 2.05) is 12.1 Å². The van der Waals surface area contributed by atoms with Gasteiger partial charge in [-0.1, -0.05) is 38.1 Å². The molecule has 29 heavy (non-hydrogen) atoms. The number of amidine groups is 1. The van der Waals surface area contributed by atoms with E-state index in [-0.39, 0.29) is 17.2 Å². The molecule has 0 fully saturated rings. The number of nitrogens with one attached hydrogen (secondary N) is 2. The largest absolute Gasteiger partial charge is 0.351 e. The van der Waals surface area contributed by atoms with Crippen molar-refractivity contribution in [2.24, 2.45) is 10.9 Å². The summed E-state index contributed by atoms with van der Waals surface area (Å²) in [4.78, 5) is 33.4. The molecule has 0 aliphatic carbocycles. The first-order chi connectivity index (χ1) is 14.0. The predicted octanol–water partition coefficient (Wildman–Crippen LogP) is 2.67. The van der Waals surface area contributed by atoms with Crippen molar-refractivity contribution >= 4 is 23.3 Å². The number of amides is 2. The van der Waals surface area contributed by atoms with Gasteiger partial charge in [0.25, 0.3) is 11.8 Å². The Morgan fingerprint density at radius 2 is 1.90 bits per heavy atom. The van der Waals surface area contributed by atoms with Crippen LogP contribution in [0.15, 0.2) is 59.4 Å². The number of aliphatic imine (C=N–C) groups is 1. The van der Waals surface area contributed by atoms with Gasteiger partial charge in [0.05, 0.1) is 11.3 Å².